The molecule has 0 fully saturated rings. The summed E-state index contributed by atoms with van der Waals surface area (Å²) in [5.74, 6) is -1.65. The summed E-state index contributed by atoms with van der Waals surface area (Å²) in [6.45, 7) is 0. The number of hydrogen-bond acceptors (Lipinski definition) is 3. The second kappa shape index (κ2) is 6.25. The molecule has 7 heteroatoms. The number of methoxy groups -OCH3 is 1. The fourth-order valence-corrected chi connectivity index (χ4v) is 3.19. The molecule has 1 aliphatic rings. The molecule has 26 heavy (non-hydrogen) atoms. The molecule has 1 aliphatic heterocycles. The Bertz CT molecular complexity index is 983. The standard InChI is InChI=1S/C19H15F2N3O2/c1-26-12-7-5-11(6-8-12)24-10-22-18-14(9-16(25)23-19(18)24)13-3-2-4-15(20)17(13)21/h2-8,10,14H,9H2,1H3,(H,23,25). The SMILES string of the molecule is COc1ccc(-n2cnc3c2NC(=O)CC3c2cccc(F)c2F)cc1. The molecule has 2 heterocycles. The number of benzene rings is 2. The number of fused-ring (bicyclic) bond motifs is 1. The molecule has 5 nitrogen and oxygen atoms in total. The van der Waals surface area contributed by atoms with E-state index in [1.54, 1.807) is 30.1 Å². The van der Waals surface area contributed by atoms with Crippen molar-refractivity contribution in [1.29, 1.82) is 0 Å². The second-order valence-corrected chi connectivity index (χ2v) is 5.99. The maximum atomic E-state index is 14.3. The Balaban J connectivity index is 1.81. The number of aromatic nitrogens is 2. The molecule has 0 aliphatic carbocycles. The van der Waals surface area contributed by atoms with Crippen LogP contribution < -0.4 is 10.1 Å². The molecule has 0 spiro atoms. The smallest absolute Gasteiger partial charge is 0.226 e. The summed E-state index contributed by atoms with van der Waals surface area (Å²) >= 11 is 0. The number of imidazole rings is 1. The van der Waals surface area contributed by atoms with Gasteiger partial charge in [-0.1, -0.05) is 12.1 Å². The molecule has 0 saturated heterocycles. The van der Waals surface area contributed by atoms with Crippen molar-refractivity contribution < 1.29 is 18.3 Å². The Labute approximate surface area is 148 Å². The first-order valence-electron chi connectivity index (χ1n) is 8.04. The summed E-state index contributed by atoms with van der Waals surface area (Å²) in [7, 11) is 1.58. The summed E-state index contributed by atoms with van der Waals surface area (Å²) in [6, 6.07) is 11.2. The highest BCUT2D eigenvalue weighted by Crippen LogP contribution is 2.38. The van der Waals surface area contributed by atoms with Crippen molar-refractivity contribution in [3.8, 4) is 11.4 Å². The lowest BCUT2D eigenvalue weighted by atomic mass is 9.89. The van der Waals surface area contributed by atoms with Gasteiger partial charge in [-0.05, 0) is 30.3 Å². The van der Waals surface area contributed by atoms with Crippen molar-refractivity contribution in [2.45, 2.75) is 12.3 Å². The number of nitrogens with one attached hydrogen (secondary N) is 1. The predicted octanol–water partition coefficient (Wildman–Crippen LogP) is 3.63. The number of ether oxygens (including phenoxy) is 1. The van der Waals surface area contributed by atoms with Gasteiger partial charge in [0.15, 0.2) is 11.6 Å². The third-order valence-corrected chi connectivity index (χ3v) is 4.48. The van der Waals surface area contributed by atoms with E-state index >= 15 is 0 Å². The maximum Gasteiger partial charge on any atom is 0.226 e. The molecule has 4 rings (SSSR count). The van der Waals surface area contributed by atoms with E-state index in [1.165, 1.54) is 12.1 Å². The zero-order valence-corrected chi connectivity index (χ0v) is 13.9. The molecule has 0 bridgehead atoms. The second-order valence-electron chi connectivity index (χ2n) is 5.99. The summed E-state index contributed by atoms with van der Waals surface area (Å²) in [4.78, 5) is 16.6. The van der Waals surface area contributed by atoms with E-state index in [9.17, 15) is 13.6 Å². The highest BCUT2D eigenvalue weighted by molar-refractivity contribution is 5.94. The zero-order valence-electron chi connectivity index (χ0n) is 13.9. The van der Waals surface area contributed by atoms with Crippen LogP contribution in [0.4, 0.5) is 14.6 Å². The van der Waals surface area contributed by atoms with E-state index in [4.69, 9.17) is 4.74 Å². The molecule has 1 amide bonds. The molecule has 1 N–H and O–H groups in total. The third kappa shape index (κ3) is 2.61. The van der Waals surface area contributed by atoms with Crippen molar-refractivity contribution in [2.75, 3.05) is 12.4 Å². The Morgan fingerprint density at radius 3 is 2.69 bits per heavy atom. The molecule has 2 aromatic carbocycles. The molecule has 1 atom stereocenters. The summed E-state index contributed by atoms with van der Waals surface area (Å²) in [6.07, 6.45) is 1.56. The van der Waals surface area contributed by atoms with E-state index in [0.29, 0.717) is 17.3 Å². The van der Waals surface area contributed by atoms with Crippen LogP contribution in [0.15, 0.2) is 48.8 Å². The van der Waals surface area contributed by atoms with Crippen molar-refractivity contribution in [2.24, 2.45) is 0 Å². The van der Waals surface area contributed by atoms with Gasteiger partial charge in [-0.15, -0.1) is 0 Å². The van der Waals surface area contributed by atoms with Crippen molar-refractivity contribution >= 4 is 11.7 Å². The molecule has 3 aromatic rings. The quantitative estimate of drug-likeness (QED) is 0.781. The molecular weight excluding hydrogens is 340 g/mol. The van der Waals surface area contributed by atoms with Crippen molar-refractivity contribution in [3.05, 3.63) is 71.7 Å². The van der Waals surface area contributed by atoms with E-state index in [0.717, 1.165) is 11.8 Å². The van der Waals surface area contributed by atoms with Crippen molar-refractivity contribution in [3.63, 3.8) is 0 Å². The van der Waals surface area contributed by atoms with Gasteiger partial charge >= 0.3 is 0 Å². The molecule has 1 unspecified atom stereocenters. The average molecular weight is 355 g/mol. The van der Waals surface area contributed by atoms with E-state index in [1.807, 2.05) is 12.1 Å². The lowest BCUT2D eigenvalue weighted by molar-refractivity contribution is -0.116. The summed E-state index contributed by atoms with van der Waals surface area (Å²) in [5.41, 5.74) is 1.39. The molecule has 132 valence electrons. The number of carbonyl (C=O) groups excluding carboxylic acids is 1. The van der Waals surface area contributed by atoms with Crippen LogP contribution in [-0.2, 0) is 4.79 Å². The fourth-order valence-electron chi connectivity index (χ4n) is 3.19. The minimum Gasteiger partial charge on any atom is -0.497 e. The minimum atomic E-state index is -0.947. The van der Waals surface area contributed by atoms with Crippen LogP contribution in [0.5, 0.6) is 5.75 Å². The first kappa shape index (κ1) is 16.3. The van der Waals surface area contributed by atoms with Crippen LogP contribution >= 0.6 is 0 Å². The number of halogens is 2. The van der Waals surface area contributed by atoms with Crippen molar-refractivity contribution in [1.82, 2.24) is 9.55 Å². The van der Waals surface area contributed by atoms with Crippen LogP contribution in [0.25, 0.3) is 5.69 Å². The van der Waals surface area contributed by atoms with Crippen LogP contribution in [0.2, 0.25) is 0 Å². The maximum absolute atomic E-state index is 14.3. The lowest BCUT2D eigenvalue weighted by Gasteiger charge is -2.23. The Kier molecular flexibility index (Phi) is 3.91. The molecule has 0 saturated carbocycles. The average Bonchev–Trinajstić information content (AvgIpc) is 3.07. The fraction of sp³-hybridized carbons (Fsp3) is 0.158. The number of hydrogen-bond donors (Lipinski definition) is 1. The Morgan fingerprint density at radius 1 is 1.19 bits per heavy atom. The van der Waals surface area contributed by atoms with Gasteiger partial charge in [0.1, 0.15) is 17.9 Å². The van der Waals surface area contributed by atoms with Gasteiger partial charge < -0.3 is 10.1 Å². The normalized spacial score (nSPS) is 16.1. The number of amides is 1. The topological polar surface area (TPSA) is 56.1 Å². The summed E-state index contributed by atoms with van der Waals surface area (Å²) in [5, 5.41) is 2.78. The monoisotopic (exact) mass is 355 g/mol. The third-order valence-electron chi connectivity index (χ3n) is 4.48. The van der Waals surface area contributed by atoms with Gasteiger partial charge in [-0.25, -0.2) is 13.8 Å². The van der Waals surface area contributed by atoms with Gasteiger partial charge in [-0.2, -0.15) is 0 Å². The number of nitrogens with zero attached hydrogens (tertiary/aromatic N) is 2. The molecular formula is C19H15F2N3O2. The molecule has 0 radical (unpaired) electrons. The van der Waals surface area contributed by atoms with Crippen LogP contribution in [-0.4, -0.2) is 22.6 Å². The van der Waals surface area contributed by atoms with Gasteiger partial charge in [0.25, 0.3) is 0 Å². The number of rotatable bonds is 3. The van der Waals surface area contributed by atoms with Crippen LogP contribution in [0, 0.1) is 11.6 Å². The van der Waals surface area contributed by atoms with Gasteiger partial charge in [0.2, 0.25) is 5.91 Å². The lowest BCUT2D eigenvalue weighted by Crippen LogP contribution is -2.25. The minimum absolute atomic E-state index is 0.00694. The van der Waals surface area contributed by atoms with Crippen LogP contribution in [0.1, 0.15) is 23.6 Å². The predicted molar refractivity (Wildman–Crippen MR) is 91.6 cm³/mol. The van der Waals surface area contributed by atoms with Crippen LogP contribution in [0.3, 0.4) is 0 Å². The van der Waals surface area contributed by atoms with E-state index in [-0.39, 0.29) is 17.9 Å². The Hall–Kier alpha value is -3.22. The molecule has 1 aromatic heterocycles. The first-order valence-corrected chi connectivity index (χ1v) is 8.04. The summed E-state index contributed by atoms with van der Waals surface area (Å²) < 4.78 is 34.7. The van der Waals surface area contributed by atoms with E-state index in [2.05, 4.69) is 10.3 Å². The van der Waals surface area contributed by atoms with Gasteiger partial charge in [0, 0.05) is 23.6 Å². The Morgan fingerprint density at radius 2 is 1.96 bits per heavy atom. The largest absolute Gasteiger partial charge is 0.497 e. The highest BCUT2D eigenvalue weighted by Gasteiger charge is 2.33. The van der Waals surface area contributed by atoms with Gasteiger partial charge in [0.05, 0.1) is 12.8 Å². The zero-order chi connectivity index (χ0) is 18.3. The number of carbonyl (C=O) groups is 1. The van der Waals surface area contributed by atoms with Gasteiger partial charge in [-0.3, -0.25) is 9.36 Å². The highest BCUT2D eigenvalue weighted by atomic mass is 19.2. The number of anilines is 1. The van der Waals surface area contributed by atoms with E-state index < -0.39 is 17.6 Å². The first-order chi connectivity index (χ1) is 12.6.